The third-order valence-corrected chi connectivity index (χ3v) is 20.2. The number of carbonyl (C=O) groups is 7. The van der Waals surface area contributed by atoms with Gasteiger partial charge in [-0.05, 0) is 128 Å². The number of carbonyl (C=O) groups excluding carboxylic acids is 7. The zero-order valence-electron chi connectivity index (χ0n) is 37.1. The van der Waals surface area contributed by atoms with Gasteiger partial charge >= 0.3 is 11.9 Å². The molecule has 9 heteroatoms. The van der Waals surface area contributed by atoms with Crippen LogP contribution in [0, 0.1) is 98.6 Å². The molecular formula is C50H70O9. The van der Waals surface area contributed by atoms with Gasteiger partial charge in [0, 0.05) is 73.5 Å². The molecule has 7 fully saturated rings. The largest absolute Gasteiger partial charge is 0.469 e. The van der Waals surface area contributed by atoms with E-state index in [0.717, 1.165) is 44.1 Å². The maximum Gasteiger partial charge on any atom is 0.305 e. The van der Waals surface area contributed by atoms with Gasteiger partial charge in [-0.1, -0.05) is 53.2 Å². The first-order chi connectivity index (χ1) is 27.9. The minimum absolute atomic E-state index is 0.00934. The quantitative estimate of drug-likeness (QED) is 0.166. The summed E-state index contributed by atoms with van der Waals surface area (Å²) in [5.74, 6) is 0.242. The Kier molecular flexibility index (Phi) is 11.0. The summed E-state index contributed by atoms with van der Waals surface area (Å²) >= 11 is 0. The average Bonchev–Trinajstić information content (AvgIpc) is 3.76. The van der Waals surface area contributed by atoms with E-state index in [1.165, 1.54) is 14.2 Å². The summed E-state index contributed by atoms with van der Waals surface area (Å²) in [6, 6.07) is 0. The second-order valence-electron chi connectivity index (χ2n) is 22.1. The molecule has 0 aromatic heterocycles. The monoisotopic (exact) mass is 815 g/mol. The highest BCUT2D eigenvalue weighted by molar-refractivity contribution is 5.94. The van der Waals surface area contributed by atoms with Crippen LogP contribution in [-0.4, -0.2) is 55.1 Å². The van der Waals surface area contributed by atoms with Crippen molar-refractivity contribution >= 4 is 40.9 Å². The maximum absolute atomic E-state index is 14.7. The summed E-state index contributed by atoms with van der Waals surface area (Å²) in [7, 11) is 2.81. The summed E-state index contributed by atoms with van der Waals surface area (Å²) in [6.07, 6.45) is 12.0. The van der Waals surface area contributed by atoms with Crippen LogP contribution in [0.5, 0.6) is 0 Å². The number of fused-ring (bicyclic) bond motifs is 10. The number of allylic oxidation sites excluding steroid dienone is 2. The summed E-state index contributed by atoms with van der Waals surface area (Å²) in [6.45, 7) is 13.1. The van der Waals surface area contributed by atoms with Crippen LogP contribution in [0.2, 0.25) is 0 Å². The van der Waals surface area contributed by atoms with E-state index in [1.54, 1.807) is 0 Å². The fourth-order valence-corrected chi connectivity index (χ4v) is 16.8. The van der Waals surface area contributed by atoms with Crippen LogP contribution in [0.15, 0.2) is 11.6 Å². The van der Waals surface area contributed by atoms with Gasteiger partial charge in [-0.15, -0.1) is 0 Å². The smallest absolute Gasteiger partial charge is 0.305 e. The molecule has 8 aliphatic carbocycles. The highest BCUT2D eigenvalue weighted by atomic mass is 16.5. The molecule has 9 nitrogen and oxygen atoms in total. The molecule has 8 aliphatic rings. The van der Waals surface area contributed by atoms with Crippen molar-refractivity contribution in [2.45, 2.75) is 144 Å². The van der Waals surface area contributed by atoms with Gasteiger partial charge in [0.15, 0.2) is 0 Å². The minimum atomic E-state index is -0.596. The number of esters is 2. The molecule has 0 saturated heterocycles. The molecule has 0 bridgehead atoms. The average molecular weight is 815 g/mol. The Morgan fingerprint density at radius 1 is 0.610 bits per heavy atom. The lowest BCUT2D eigenvalue weighted by Crippen LogP contribution is -2.62. The van der Waals surface area contributed by atoms with Crippen LogP contribution in [0.1, 0.15) is 144 Å². The molecule has 0 spiro atoms. The molecule has 0 aromatic carbocycles. The first-order valence-corrected chi connectivity index (χ1v) is 23.3. The van der Waals surface area contributed by atoms with E-state index in [4.69, 9.17) is 9.47 Å². The lowest BCUT2D eigenvalue weighted by atomic mass is 9.41. The molecule has 17 atom stereocenters. The Labute approximate surface area is 351 Å². The molecule has 0 aliphatic heterocycles. The Hall–Kier alpha value is -2.97. The molecule has 59 heavy (non-hydrogen) atoms. The van der Waals surface area contributed by atoms with E-state index < -0.39 is 10.8 Å². The van der Waals surface area contributed by atoms with Crippen molar-refractivity contribution in [1.29, 1.82) is 0 Å². The van der Waals surface area contributed by atoms with Crippen molar-refractivity contribution in [2.24, 2.45) is 98.6 Å². The molecule has 1 unspecified atom stereocenters. The van der Waals surface area contributed by atoms with Crippen LogP contribution in [-0.2, 0) is 43.0 Å². The molecule has 324 valence electrons. The molecule has 0 aromatic rings. The molecule has 7 saturated carbocycles. The first-order valence-electron chi connectivity index (χ1n) is 23.3. The highest BCUT2D eigenvalue weighted by Gasteiger charge is 2.69. The van der Waals surface area contributed by atoms with E-state index in [2.05, 4.69) is 47.6 Å². The zero-order chi connectivity index (χ0) is 42.6. The van der Waals surface area contributed by atoms with Crippen molar-refractivity contribution in [3.63, 3.8) is 0 Å². The van der Waals surface area contributed by atoms with Crippen LogP contribution >= 0.6 is 0 Å². The minimum Gasteiger partial charge on any atom is -0.469 e. The predicted molar refractivity (Wildman–Crippen MR) is 220 cm³/mol. The summed E-state index contributed by atoms with van der Waals surface area (Å²) < 4.78 is 9.81. The third-order valence-electron chi connectivity index (χ3n) is 20.2. The number of hydrogen-bond acceptors (Lipinski definition) is 9. The molecule has 0 N–H and O–H groups in total. The second kappa shape index (κ2) is 15.1. The van der Waals surface area contributed by atoms with Crippen molar-refractivity contribution in [3.8, 4) is 0 Å². The van der Waals surface area contributed by atoms with Crippen LogP contribution in [0.3, 0.4) is 0 Å². The van der Waals surface area contributed by atoms with Crippen LogP contribution in [0.25, 0.3) is 0 Å². The standard InChI is InChI=1S/C50H70O9/c1-26(9-15-42(56)58-7)30-11-13-32-45-35(24-40(54)49(30,32)5)47(3)19-17-28(21-29(47)22-38(45)52)44-34-23-39(53)46-33-14-12-31(27(2)10-16-43(57)59-8)50(33,6)41(55)25-36(46)48(34,4)20-18-37(44)51/h21,26-27,29-36,44-46H,9-20,22-25H2,1-8H3/t26-,27-,29+,30-,31-,32+,33+,34-,35+,36+,44?,45+,46+,47+,48+,49-,50-/m1/s1. The van der Waals surface area contributed by atoms with Crippen molar-refractivity contribution in [2.75, 3.05) is 14.2 Å². The molecule has 0 heterocycles. The fourth-order valence-electron chi connectivity index (χ4n) is 16.8. The normalized spacial score (nSPS) is 46.1. The molecule has 8 rings (SSSR count). The van der Waals surface area contributed by atoms with Gasteiger partial charge in [-0.2, -0.15) is 0 Å². The number of hydrogen-bond donors (Lipinski definition) is 0. The van der Waals surface area contributed by atoms with Gasteiger partial charge in [-0.3, -0.25) is 33.6 Å². The number of rotatable bonds is 9. The van der Waals surface area contributed by atoms with Crippen molar-refractivity contribution in [1.82, 2.24) is 0 Å². The van der Waals surface area contributed by atoms with Gasteiger partial charge in [0.05, 0.1) is 14.2 Å². The third kappa shape index (κ3) is 6.28. The van der Waals surface area contributed by atoms with Gasteiger partial charge < -0.3 is 9.47 Å². The first kappa shape index (κ1) is 42.7. The summed E-state index contributed by atoms with van der Waals surface area (Å²) in [4.78, 5) is 96.4. The lowest BCUT2D eigenvalue weighted by molar-refractivity contribution is -0.170. The maximum atomic E-state index is 14.7. The van der Waals surface area contributed by atoms with Gasteiger partial charge in [0.2, 0.25) is 0 Å². The van der Waals surface area contributed by atoms with E-state index in [1.807, 2.05) is 0 Å². The fraction of sp³-hybridized carbons (Fsp3) is 0.820. The van der Waals surface area contributed by atoms with E-state index in [0.29, 0.717) is 64.2 Å². The van der Waals surface area contributed by atoms with E-state index >= 15 is 0 Å². The summed E-state index contributed by atoms with van der Waals surface area (Å²) in [5.41, 5.74) is -0.650. The lowest BCUT2D eigenvalue weighted by Gasteiger charge is -2.61. The van der Waals surface area contributed by atoms with Gasteiger partial charge in [0.1, 0.15) is 28.9 Å². The Morgan fingerprint density at radius 3 is 1.59 bits per heavy atom. The zero-order valence-corrected chi connectivity index (χ0v) is 37.1. The van der Waals surface area contributed by atoms with Crippen molar-refractivity contribution < 1.29 is 43.0 Å². The number of ether oxygens (including phenoxy) is 2. The Morgan fingerprint density at radius 2 is 1.08 bits per heavy atom. The van der Waals surface area contributed by atoms with E-state index in [9.17, 15) is 33.6 Å². The Bertz CT molecular complexity index is 1850. The van der Waals surface area contributed by atoms with Gasteiger partial charge in [0.25, 0.3) is 0 Å². The topological polar surface area (TPSA) is 138 Å². The van der Waals surface area contributed by atoms with Crippen molar-refractivity contribution in [3.05, 3.63) is 11.6 Å². The van der Waals surface area contributed by atoms with Gasteiger partial charge in [-0.25, -0.2) is 0 Å². The second-order valence-corrected chi connectivity index (χ2v) is 22.1. The highest BCUT2D eigenvalue weighted by Crippen LogP contribution is 2.70. The number of methoxy groups -OCH3 is 2. The number of ketones is 5. The predicted octanol–water partition coefficient (Wildman–Crippen LogP) is 8.53. The summed E-state index contributed by atoms with van der Waals surface area (Å²) in [5, 5.41) is 0. The van der Waals surface area contributed by atoms with E-state index in [-0.39, 0.29) is 129 Å². The molecule has 0 radical (unpaired) electrons. The molecule has 0 amide bonds. The van der Waals surface area contributed by atoms with Crippen LogP contribution < -0.4 is 0 Å². The Balaban J connectivity index is 1.03. The molecular weight excluding hydrogens is 745 g/mol. The van der Waals surface area contributed by atoms with Crippen LogP contribution in [0.4, 0.5) is 0 Å². The number of Topliss-reactive ketones (excluding diaryl/α,β-unsaturated/α-hetero) is 5. The SMILES string of the molecule is COC(=O)CC[C@@H](C)[C@H]1CC[C@H]2[C@@H]3C(=O)C[C@@H]4C(C5=C[C@H]6CC(=O)[C@@H]7[C@H](CC(=O)[C@]8(C)[C@@H]([C@H](C)CCC(=O)OC)CC[C@@H]78)[C@@]6(C)CC5)C(=O)CC[C@]4(C)[C@H]3CC(=O)[C@]12C.